The van der Waals surface area contributed by atoms with Gasteiger partial charge in [-0.3, -0.25) is 0 Å². The highest BCUT2D eigenvalue weighted by Gasteiger charge is 2.55. The molecule has 5 rings (SSSR count). The third-order valence-electron chi connectivity index (χ3n) is 6.94. The van der Waals surface area contributed by atoms with Gasteiger partial charge in [0.1, 0.15) is 11.6 Å². The Kier molecular flexibility index (Phi) is 5.50. The van der Waals surface area contributed by atoms with E-state index < -0.39 is 11.4 Å². The number of nitrogens with one attached hydrogen (secondary N) is 1. The molecule has 4 bridgehead atoms. The first-order valence-corrected chi connectivity index (χ1v) is 11.8. The number of aliphatic imine (C=N–C) groups is 1. The minimum Gasteiger partial charge on any atom is -0.478 e. The number of nitrogens with zero attached hydrogens (tertiary/aromatic N) is 2. The van der Waals surface area contributed by atoms with Gasteiger partial charge in [-0.1, -0.05) is 11.6 Å². The molecule has 0 heterocycles. The monoisotopic (exact) mass is 435 g/mol. The Morgan fingerprint density at radius 2 is 2.03 bits per heavy atom. The van der Waals surface area contributed by atoms with E-state index in [-0.39, 0.29) is 5.02 Å². The molecule has 0 amide bonds. The Morgan fingerprint density at radius 1 is 1.34 bits per heavy atom. The lowest BCUT2D eigenvalue weighted by Crippen LogP contribution is -2.63. The number of halogens is 2. The number of rotatable bonds is 5. The van der Waals surface area contributed by atoms with Gasteiger partial charge in [0.05, 0.1) is 5.02 Å². The number of nitriles is 1. The zero-order valence-electron chi connectivity index (χ0n) is 17.0. The second-order valence-corrected chi connectivity index (χ2v) is 11.0. The molecular weight excluding hydrogens is 409 g/mol. The molecule has 1 N–H and O–H groups in total. The van der Waals surface area contributed by atoms with E-state index in [1.165, 1.54) is 50.3 Å². The predicted octanol–water partition coefficient (Wildman–Crippen LogP) is 5.42. The zero-order valence-corrected chi connectivity index (χ0v) is 18.6. The van der Waals surface area contributed by atoms with Gasteiger partial charge in [-0.2, -0.15) is 22.0 Å². The van der Waals surface area contributed by atoms with Gasteiger partial charge in [0.25, 0.3) is 0 Å². The van der Waals surface area contributed by atoms with Crippen molar-refractivity contribution in [1.82, 2.24) is 5.32 Å². The number of thioether (sulfide) groups is 1. The molecule has 7 heteroatoms. The minimum absolute atomic E-state index is 0.200. The molecule has 4 aliphatic carbocycles. The molecule has 4 aliphatic rings. The second-order valence-electron chi connectivity index (χ2n) is 9.27. The molecule has 4 saturated carbocycles. The number of amidine groups is 1. The normalized spacial score (nSPS) is 33.4. The predicted molar refractivity (Wildman–Crippen MR) is 116 cm³/mol. The Bertz CT molecular complexity index is 852. The Labute approximate surface area is 181 Å². The summed E-state index contributed by atoms with van der Waals surface area (Å²) in [6.07, 6.45) is 10.5. The van der Waals surface area contributed by atoms with Crippen molar-refractivity contribution in [2.75, 3.05) is 6.26 Å². The van der Waals surface area contributed by atoms with Crippen LogP contribution in [-0.2, 0) is 0 Å². The molecule has 0 spiro atoms. The third kappa shape index (κ3) is 3.96. The Hall–Kier alpha value is -1.45. The number of benzene rings is 1. The van der Waals surface area contributed by atoms with E-state index in [0.717, 1.165) is 5.92 Å². The van der Waals surface area contributed by atoms with Crippen LogP contribution in [0.1, 0.15) is 46.0 Å². The summed E-state index contributed by atoms with van der Waals surface area (Å²) in [5.41, 5.74) is -0.900. The summed E-state index contributed by atoms with van der Waals surface area (Å²) in [4.78, 5) is 4.09. The van der Waals surface area contributed by atoms with E-state index in [4.69, 9.17) is 16.3 Å². The van der Waals surface area contributed by atoms with Gasteiger partial charge in [-0.05, 0) is 88.2 Å². The van der Waals surface area contributed by atoms with E-state index in [0.29, 0.717) is 34.2 Å². The van der Waals surface area contributed by atoms with Crippen LogP contribution in [0, 0.1) is 35.0 Å². The van der Waals surface area contributed by atoms with Gasteiger partial charge in [0.2, 0.25) is 6.19 Å². The van der Waals surface area contributed by atoms with E-state index in [9.17, 15) is 9.65 Å². The van der Waals surface area contributed by atoms with Crippen LogP contribution in [0.25, 0.3) is 0 Å². The van der Waals surface area contributed by atoms with Crippen LogP contribution in [-0.4, -0.2) is 28.5 Å². The average molecular weight is 436 g/mol. The van der Waals surface area contributed by atoms with Crippen LogP contribution in [0.4, 0.5) is 4.39 Å². The molecule has 0 aromatic heterocycles. The van der Waals surface area contributed by atoms with Gasteiger partial charge in [0, 0.05) is 10.8 Å². The van der Waals surface area contributed by atoms with Crippen molar-refractivity contribution in [3.8, 4) is 11.9 Å². The van der Waals surface area contributed by atoms with Crippen LogP contribution in [0.3, 0.4) is 0 Å². The van der Waals surface area contributed by atoms with Gasteiger partial charge in [-0.15, -0.1) is 0 Å². The second kappa shape index (κ2) is 7.67. The molecule has 29 heavy (non-hydrogen) atoms. The maximum Gasteiger partial charge on any atom is 0.207 e. The van der Waals surface area contributed by atoms with Crippen LogP contribution in [0.15, 0.2) is 23.2 Å². The molecule has 1 aromatic rings. The molecule has 2 atom stereocenters. The smallest absolute Gasteiger partial charge is 0.207 e. The van der Waals surface area contributed by atoms with Crippen molar-refractivity contribution >= 4 is 29.2 Å². The topological polar surface area (TPSA) is 57.4 Å². The first-order valence-electron chi connectivity index (χ1n) is 10.2. The van der Waals surface area contributed by atoms with E-state index >= 15 is 0 Å². The summed E-state index contributed by atoms with van der Waals surface area (Å²) in [5, 5.41) is 13.1. The van der Waals surface area contributed by atoms with Crippen molar-refractivity contribution in [3.63, 3.8) is 0 Å². The van der Waals surface area contributed by atoms with Crippen molar-refractivity contribution in [1.29, 1.82) is 5.26 Å². The quantitative estimate of drug-likeness (QED) is 0.381. The average Bonchev–Trinajstić information content (AvgIpc) is 2.65. The summed E-state index contributed by atoms with van der Waals surface area (Å²) >= 11 is 8.19. The first kappa shape index (κ1) is 20.8. The molecule has 156 valence electrons. The van der Waals surface area contributed by atoms with E-state index in [2.05, 4.69) is 16.6 Å². The molecule has 0 saturated heterocycles. The number of hydrogen-bond acceptors (Lipinski definition) is 4. The minimum atomic E-state index is -0.900. The molecular formula is C22H27ClFN3OS. The van der Waals surface area contributed by atoms with Crippen molar-refractivity contribution < 1.29 is 9.13 Å². The maximum absolute atomic E-state index is 13.4. The van der Waals surface area contributed by atoms with Crippen LogP contribution >= 0.6 is 23.4 Å². The Balaban J connectivity index is 1.54. The standard InChI is InChI=1S/C22H27ClFN3OS/c1-21(2,28-18-5-4-16(24)8-17(18)23)20(26-12-25)27-19-14-6-13-7-15(19)11-22(9-13,10-14)29-3/h4-5,8,13-15,19H,6-7,9-11H2,1-3H3,(H,26,27). The van der Waals surface area contributed by atoms with E-state index in [1.807, 2.05) is 31.8 Å². The van der Waals surface area contributed by atoms with Crippen LogP contribution in [0.5, 0.6) is 5.75 Å². The molecule has 0 radical (unpaired) electrons. The van der Waals surface area contributed by atoms with Crippen molar-refractivity contribution in [2.45, 2.75) is 62.3 Å². The SMILES string of the molecule is CSC12CC3CC(C1)C(N/C(=N\C#N)C(C)(C)Oc1ccc(F)cc1Cl)C(C3)C2. The lowest BCUT2D eigenvalue weighted by molar-refractivity contribution is 0.00820. The van der Waals surface area contributed by atoms with Gasteiger partial charge in [0.15, 0.2) is 11.4 Å². The van der Waals surface area contributed by atoms with Crippen LogP contribution in [0.2, 0.25) is 5.02 Å². The fourth-order valence-corrected chi connectivity index (χ4v) is 7.23. The molecule has 2 unspecified atom stereocenters. The summed E-state index contributed by atoms with van der Waals surface area (Å²) < 4.78 is 19.9. The lowest BCUT2D eigenvalue weighted by atomic mass is 9.53. The zero-order chi connectivity index (χ0) is 20.8. The van der Waals surface area contributed by atoms with Crippen molar-refractivity contribution in [2.24, 2.45) is 22.7 Å². The third-order valence-corrected chi connectivity index (χ3v) is 8.61. The molecule has 0 aliphatic heterocycles. The number of hydrogen-bond donors (Lipinski definition) is 1. The highest BCUT2D eigenvalue weighted by atomic mass is 35.5. The summed E-state index contributed by atoms with van der Waals surface area (Å²) in [6.45, 7) is 3.71. The fraction of sp³-hybridized carbons (Fsp3) is 0.636. The summed E-state index contributed by atoms with van der Waals surface area (Å²) in [7, 11) is 0. The summed E-state index contributed by atoms with van der Waals surface area (Å²) in [6, 6.07) is 4.35. The van der Waals surface area contributed by atoms with Gasteiger partial charge in [-0.25, -0.2) is 4.39 Å². The van der Waals surface area contributed by atoms with E-state index in [1.54, 1.807) is 0 Å². The fourth-order valence-electron chi connectivity index (χ4n) is 5.87. The molecule has 4 fully saturated rings. The highest BCUT2D eigenvalue weighted by Crippen LogP contribution is 2.60. The summed E-state index contributed by atoms with van der Waals surface area (Å²) in [5.74, 6) is 2.50. The van der Waals surface area contributed by atoms with Crippen LogP contribution < -0.4 is 10.1 Å². The molecule has 1 aromatic carbocycles. The molecule has 4 nitrogen and oxygen atoms in total. The maximum atomic E-state index is 13.4. The highest BCUT2D eigenvalue weighted by molar-refractivity contribution is 8.00. The van der Waals surface area contributed by atoms with Crippen molar-refractivity contribution in [3.05, 3.63) is 29.0 Å². The van der Waals surface area contributed by atoms with Gasteiger partial charge < -0.3 is 10.1 Å². The first-order chi connectivity index (χ1) is 13.7. The largest absolute Gasteiger partial charge is 0.478 e. The van der Waals surface area contributed by atoms with Gasteiger partial charge >= 0.3 is 0 Å². The Morgan fingerprint density at radius 3 is 2.62 bits per heavy atom. The number of ether oxygens (including phenoxy) is 1. The lowest BCUT2D eigenvalue weighted by Gasteiger charge is -2.60.